The quantitative estimate of drug-likeness (QED) is 0.484. The Labute approximate surface area is 180 Å². The van der Waals surface area contributed by atoms with E-state index in [0.29, 0.717) is 31.1 Å². The number of sulfonamides is 1. The molecule has 11 heteroatoms. The zero-order valence-electron chi connectivity index (χ0n) is 17.1. The van der Waals surface area contributed by atoms with Gasteiger partial charge in [0, 0.05) is 57.0 Å². The Morgan fingerprint density at radius 2 is 1.81 bits per heavy atom. The zero-order valence-corrected chi connectivity index (χ0v) is 17.9. The molecule has 2 aromatic carbocycles. The Bertz CT molecular complexity index is 1030. The molecule has 1 amide bonds. The van der Waals surface area contributed by atoms with Gasteiger partial charge in [-0.25, -0.2) is 8.42 Å². The molecule has 0 spiro atoms. The molecule has 0 aromatic heterocycles. The van der Waals surface area contributed by atoms with Crippen molar-refractivity contribution in [1.29, 1.82) is 0 Å². The molecular formula is C20H24N4O6S. The highest BCUT2D eigenvalue weighted by molar-refractivity contribution is 7.89. The number of carbonyl (C=O) groups is 1. The lowest BCUT2D eigenvalue weighted by Crippen LogP contribution is -2.49. The highest BCUT2D eigenvalue weighted by Crippen LogP contribution is 2.22. The number of nitro groups is 1. The van der Waals surface area contributed by atoms with Crippen LogP contribution in [0, 0.1) is 10.1 Å². The van der Waals surface area contributed by atoms with Crippen LogP contribution in [-0.4, -0.2) is 68.3 Å². The topological polar surface area (TPSA) is 122 Å². The van der Waals surface area contributed by atoms with Gasteiger partial charge in [-0.15, -0.1) is 0 Å². The number of non-ortho nitro benzene ring substituents is 1. The lowest BCUT2D eigenvalue weighted by molar-refractivity contribution is -0.385. The molecule has 1 aliphatic heterocycles. The maximum atomic E-state index is 12.8. The third kappa shape index (κ3) is 5.78. The maximum Gasteiger partial charge on any atom is 0.270 e. The molecule has 1 saturated heterocycles. The van der Waals surface area contributed by atoms with E-state index in [2.05, 4.69) is 5.32 Å². The zero-order chi connectivity index (χ0) is 22.4. The molecule has 166 valence electrons. The smallest absolute Gasteiger partial charge is 0.270 e. The highest BCUT2D eigenvalue weighted by atomic mass is 32.2. The van der Waals surface area contributed by atoms with Crippen LogP contribution in [0.5, 0.6) is 5.75 Å². The van der Waals surface area contributed by atoms with Gasteiger partial charge < -0.3 is 15.0 Å². The van der Waals surface area contributed by atoms with Crippen LogP contribution in [0.1, 0.15) is 6.42 Å². The van der Waals surface area contributed by atoms with Gasteiger partial charge in [0.25, 0.3) is 5.69 Å². The van der Waals surface area contributed by atoms with Crippen LogP contribution >= 0.6 is 0 Å². The lowest BCUT2D eigenvalue weighted by Gasteiger charge is -2.33. The first kappa shape index (κ1) is 22.7. The number of methoxy groups -OCH3 is 1. The van der Waals surface area contributed by atoms with E-state index in [1.807, 2.05) is 4.90 Å². The molecule has 10 nitrogen and oxygen atoms in total. The largest absolute Gasteiger partial charge is 0.497 e. The van der Waals surface area contributed by atoms with Crippen LogP contribution in [0.3, 0.4) is 0 Å². The number of carbonyl (C=O) groups excluding carboxylic acids is 1. The van der Waals surface area contributed by atoms with E-state index in [0.717, 1.165) is 6.07 Å². The van der Waals surface area contributed by atoms with Crippen molar-refractivity contribution < 1.29 is 22.9 Å². The summed E-state index contributed by atoms with van der Waals surface area (Å²) in [6.45, 7) is 1.97. The average molecular weight is 449 g/mol. The molecule has 0 unspecified atom stereocenters. The van der Waals surface area contributed by atoms with Gasteiger partial charge in [0.2, 0.25) is 15.9 Å². The number of anilines is 1. The molecule has 1 fully saturated rings. The average Bonchev–Trinajstić information content (AvgIpc) is 2.78. The fourth-order valence-corrected chi connectivity index (χ4v) is 4.72. The van der Waals surface area contributed by atoms with Gasteiger partial charge in [-0.05, 0) is 30.3 Å². The molecule has 2 aromatic rings. The summed E-state index contributed by atoms with van der Waals surface area (Å²) in [7, 11) is -2.23. The van der Waals surface area contributed by atoms with E-state index in [-0.39, 0.29) is 36.0 Å². The van der Waals surface area contributed by atoms with Crippen LogP contribution < -0.4 is 10.1 Å². The van der Waals surface area contributed by atoms with Gasteiger partial charge in [0.1, 0.15) is 5.75 Å². The number of ether oxygens (including phenoxy) is 1. The first-order chi connectivity index (χ1) is 14.8. The van der Waals surface area contributed by atoms with E-state index in [4.69, 9.17) is 4.74 Å². The van der Waals surface area contributed by atoms with Gasteiger partial charge in [-0.2, -0.15) is 4.31 Å². The SMILES string of the molecule is COc1ccc(NC(=O)CCN2CCN(S(=O)(=O)c3cccc([N+](=O)[O-])c3)CC2)cc1. The summed E-state index contributed by atoms with van der Waals surface area (Å²) in [5, 5.41) is 13.7. The molecule has 0 atom stereocenters. The van der Waals surface area contributed by atoms with Crippen molar-refractivity contribution in [2.45, 2.75) is 11.3 Å². The highest BCUT2D eigenvalue weighted by Gasteiger charge is 2.29. The number of amides is 1. The Kier molecular flexibility index (Phi) is 7.21. The van der Waals surface area contributed by atoms with Crippen molar-refractivity contribution in [2.75, 3.05) is 45.2 Å². The van der Waals surface area contributed by atoms with E-state index in [1.165, 1.54) is 22.5 Å². The van der Waals surface area contributed by atoms with Crippen LogP contribution in [0.2, 0.25) is 0 Å². The minimum absolute atomic E-state index is 0.0889. The van der Waals surface area contributed by atoms with Crippen molar-refractivity contribution in [3.8, 4) is 5.75 Å². The lowest BCUT2D eigenvalue weighted by atomic mass is 10.2. The Hall–Kier alpha value is -3.02. The van der Waals surface area contributed by atoms with Crippen molar-refractivity contribution in [2.24, 2.45) is 0 Å². The van der Waals surface area contributed by atoms with Crippen LogP contribution in [0.4, 0.5) is 11.4 Å². The summed E-state index contributed by atoms with van der Waals surface area (Å²) in [5.41, 5.74) is 0.418. The number of benzene rings is 2. The summed E-state index contributed by atoms with van der Waals surface area (Å²) in [5.74, 6) is 0.577. The van der Waals surface area contributed by atoms with E-state index >= 15 is 0 Å². The van der Waals surface area contributed by atoms with Crippen molar-refractivity contribution in [1.82, 2.24) is 9.21 Å². The Balaban J connectivity index is 1.49. The fraction of sp³-hybridized carbons (Fsp3) is 0.350. The molecule has 0 saturated carbocycles. The van der Waals surface area contributed by atoms with Gasteiger partial charge in [-0.3, -0.25) is 14.9 Å². The number of nitrogens with zero attached hydrogens (tertiary/aromatic N) is 3. The molecule has 31 heavy (non-hydrogen) atoms. The first-order valence-electron chi connectivity index (χ1n) is 9.70. The molecule has 0 aliphatic carbocycles. The molecular weight excluding hydrogens is 424 g/mol. The monoisotopic (exact) mass is 448 g/mol. The molecule has 0 radical (unpaired) electrons. The van der Waals surface area contributed by atoms with Crippen LogP contribution in [0.25, 0.3) is 0 Å². The third-order valence-corrected chi connectivity index (χ3v) is 6.92. The van der Waals surface area contributed by atoms with Crippen molar-refractivity contribution in [3.63, 3.8) is 0 Å². The summed E-state index contributed by atoms with van der Waals surface area (Å²) >= 11 is 0. The Morgan fingerprint density at radius 1 is 1.13 bits per heavy atom. The van der Waals surface area contributed by atoms with Crippen LogP contribution in [0.15, 0.2) is 53.4 Å². The molecule has 1 aliphatic rings. The summed E-state index contributed by atoms with van der Waals surface area (Å²) in [6, 6.07) is 12.1. The summed E-state index contributed by atoms with van der Waals surface area (Å²) in [6.07, 6.45) is 0.281. The van der Waals surface area contributed by atoms with E-state index in [9.17, 15) is 23.3 Å². The standard InChI is InChI=1S/C20H24N4O6S/c1-30-18-7-5-16(6-8-18)21-20(25)9-10-22-11-13-23(14-12-22)31(28,29)19-4-2-3-17(15-19)24(26)27/h2-8,15H,9-14H2,1H3,(H,21,25). The van der Waals surface area contributed by atoms with Crippen molar-refractivity contribution in [3.05, 3.63) is 58.6 Å². The third-order valence-electron chi connectivity index (χ3n) is 5.03. The number of piperazine rings is 1. The molecule has 1 N–H and O–H groups in total. The van der Waals surface area contributed by atoms with Gasteiger partial charge in [-0.1, -0.05) is 6.07 Å². The number of hydrogen-bond donors (Lipinski definition) is 1. The predicted molar refractivity (Wildman–Crippen MR) is 115 cm³/mol. The molecule has 1 heterocycles. The number of hydrogen-bond acceptors (Lipinski definition) is 7. The minimum Gasteiger partial charge on any atom is -0.497 e. The molecule has 3 rings (SSSR count). The Morgan fingerprint density at radius 3 is 2.42 bits per heavy atom. The number of nitrogens with one attached hydrogen (secondary N) is 1. The fourth-order valence-electron chi connectivity index (χ4n) is 3.26. The minimum atomic E-state index is -3.81. The second-order valence-electron chi connectivity index (χ2n) is 7.03. The van der Waals surface area contributed by atoms with Gasteiger partial charge in [0.15, 0.2) is 0 Å². The number of nitro benzene ring substituents is 1. The van der Waals surface area contributed by atoms with E-state index in [1.54, 1.807) is 31.4 Å². The predicted octanol–water partition coefficient (Wildman–Crippen LogP) is 1.94. The summed E-state index contributed by atoms with van der Waals surface area (Å²) < 4.78 is 32.0. The normalized spacial score (nSPS) is 15.4. The molecule has 0 bridgehead atoms. The van der Waals surface area contributed by atoms with Gasteiger partial charge in [0.05, 0.1) is 16.9 Å². The first-order valence-corrected chi connectivity index (χ1v) is 11.1. The van der Waals surface area contributed by atoms with E-state index < -0.39 is 14.9 Å². The van der Waals surface area contributed by atoms with Crippen molar-refractivity contribution >= 4 is 27.3 Å². The summed E-state index contributed by atoms with van der Waals surface area (Å²) in [4.78, 5) is 24.4. The maximum absolute atomic E-state index is 12.8. The second-order valence-corrected chi connectivity index (χ2v) is 8.96. The van der Waals surface area contributed by atoms with Gasteiger partial charge >= 0.3 is 0 Å². The van der Waals surface area contributed by atoms with Crippen LogP contribution in [-0.2, 0) is 14.8 Å². The number of rotatable bonds is 8. The second kappa shape index (κ2) is 9.86.